The fraction of sp³-hybridized carbons (Fsp3) is 0.538. The number of hydrogen-bond donors (Lipinski definition) is 1. The van der Waals surface area contributed by atoms with Crippen LogP contribution in [0.25, 0.3) is 0 Å². The molecule has 0 saturated heterocycles. The predicted molar refractivity (Wildman–Crippen MR) is 83.3 cm³/mol. The number of nitrogens with two attached hydrogens (primary N) is 1. The number of nitrogen functional groups attached to an aromatic ring is 1. The topological polar surface area (TPSA) is 97.5 Å². The number of rotatable bonds is 7. The molecular formula is C13H22N2O4S2. The van der Waals surface area contributed by atoms with Gasteiger partial charge in [-0.25, -0.2) is 16.8 Å². The second-order valence-electron chi connectivity index (χ2n) is 4.88. The Morgan fingerprint density at radius 2 is 1.57 bits per heavy atom. The van der Waals surface area contributed by atoms with E-state index in [4.69, 9.17) is 5.73 Å². The maximum atomic E-state index is 12.7. The Labute approximate surface area is 126 Å². The summed E-state index contributed by atoms with van der Waals surface area (Å²) in [6.07, 6.45) is 2.38. The largest absolute Gasteiger partial charge is 0.398 e. The minimum absolute atomic E-state index is 0.0526. The molecule has 2 N–H and O–H groups in total. The SMILES string of the molecule is CCCN(CCC)S(=O)(=O)c1cc(S(C)(=O)=O)ccc1N. The van der Waals surface area contributed by atoms with Gasteiger partial charge in [-0.05, 0) is 31.0 Å². The van der Waals surface area contributed by atoms with Crippen molar-refractivity contribution < 1.29 is 16.8 Å². The highest BCUT2D eigenvalue weighted by Gasteiger charge is 2.26. The summed E-state index contributed by atoms with van der Waals surface area (Å²) in [6.45, 7) is 4.51. The van der Waals surface area contributed by atoms with E-state index in [1.807, 2.05) is 13.8 Å². The quantitative estimate of drug-likeness (QED) is 0.762. The number of anilines is 1. The molecule has 0 fully saturated rings. The van der Waals surface area contributed by atoms with Crippen LogP contribution in [-0.4, -0.2) is 40.5 Å². The van der Waals surface area contributed by atoms with Gasteiger partial charge in [0.1, 0.15) is 4.90 Å². The fourth-order valence-electron chi connectivity index (χ4n) is 1.96. The normalized spacial score (nSPS) is 12.8. The summed E-state index contributed by atoms with van der Waals surface area (Å²) >= 11 is 0. The summed E-state index contributed by atoms with van der Waals surface area (Å²) < 4.78 is 49.9. The van der Waals surface area contributed by atoms with Crippen molar-refractivity contribution in [3.05, 3.63) is 18.2 Å². The molecule has 0 aliphatic rings. The number of sulfonamides is 1. The average Bonchev–Trinajstić information content (AvgIpc) is 2.37. The van der Waals surface area contributed by atoms with E-state index in [0.29, 0.717) is 25.9 Å². The summed E-state index contributed by atoms with van der Waals surface area (Å²) in [4.78, 5) is -0.199. The predicted octanol–water partition coefficient (Wildman–Crippen LogP) is 1.48. The van der Waals surface area contributed by atoms with Crippen molar-refractivity contribution in [2.45, 2.75) is 36.5 Å². The van der Waals surface area contributed by atoms with Crippen molar-refractivity contribution in [3.63, 3.8) is 0 Å². The van der Waals surface area contributed by atoms with Gasteiger partial charge in [0.05, 0.1) is 10.6 Å². The van der Waals surface area contributed by atoms with Crippen molar-refractivity contribution in [3.8, 4) is 0 Å². The summed E-state index contributed by atoms with van der Waals surface area (Å²) in [6, 6.07) is 3.77. The third-order valence-corrected chi connectivity index (χ3v) is 6.04. The van der Waals surface area contributed by atoms with Crippen molar-refractivity contribution in [2.24, 2.45) is 0 Å². The highest BCUT2D eigenvalue weighted by Crippen LogP contribution is 2.26. The first-order valence-corrected chi connectivity index (χ1v) is 10.1. The van der Waals surface area contributed by atoms with Gasteiger partial charge in [0.25, 0.3) is 0 Å². The Bertz CT molecular complexity index is 691. The molecule has 0 bridgehead atoms. The van der Waals surface area contributed by atoms with Crippen LogP contribution in [-0.2, 0) is 19.9 Å². The Kier molecular flexibility index (Phi) is 5.77. The molecule has 8 heteroatoms. The van der Waals surface area contributed by atoms with Crippen LogP contribution in [0.5, 0.6) is 0 Å². The molecule has 0 aliphatic heterocycles. The maximum Gasteiger partial charge on any atom is 0.245 e. The molecule has 6 nitrogen and oxygen atoms in total. The van der Waals surface area contributed by atoms with Gasteiger partial charge in [-0.2, -0.15) is 4.31 Å². The molecule has 0 aliphatic carbocycles. The van der Waals surface area contributed by atoms with E-state index in [9.17, 15) is 16.8 Å². The summed E-state index contributed by atoms with van der Waals surface area (Å²) in [5.74, 6) is 0. The van der Waals surface area contributed by atoms with Crippen molar-refractivity contribution >= 4 is 25.5 Å². The molecule has 0 saturated carbocycles. The molecule has 0 spiro atoms. The molecule has 0 heterocycles. The minimum Gasteiger partial charge on any atom is -0.398 e. The lowest BCUT2D eigenvalue weighted by molar-refractivity contribution is 0.410. The van der Waals surface area contributed by atoms with Crippen LogP contribution in [0.4, 0.5) is 5.69 Å². The van der Waals surface area contributed by atoms with Crippen LogP contribution in [0, 0.1) is 0 Å². The van der Waals surface area contributed by atoms with E-state index < -0.39 is 19.9 Å². The van der Waals surface area contributed by atoms with Crippen molar-refractivity contribution in [1.82, 2.24) is 4.31 Å². The van der Waals surface area contributed by atoms with E-state index in [2.05, 4.69) is 0 Å². The van der Waals surface area contributed by atoms with Gasteiger partial charge in [-0.15, -0.1) is 0 Å². The van der Waals surface area contributed by atoms with Crippen LogP contribution >= 0.6 is 0 Å². The number of hydrogen-bond acceptors (Lipinski definition) is 5. The zero-order chi connectivity index (χ0) is 16.3. The molecule has 21 heavy (non-hydrogen) atoms. The Hall–Kier alpha value is -1.12. The first kappa shape index (κ1) is 17.9. The number of nitrogens with zero attached hydrogens (tertiary/aromatic N) is 1. The third kappa shape index (κ3) is 4.18. The first-order chi connectivity index (χ1) is 9.64. The highest BCUT2D eigenvalue weighted by atomic mass is 32.2. The van der Waals surface area contributed by atoms with Gasteiger partial charge >= 0.3 is 0 Å². The Morgan fingerprint density at radius 1 is 1.05 bits per heavy atom. The Morgan fingerprint density at radius 3 is 2.00 bits per heavy atom. The van der Waals surface area contributed by atoms with Gasteiger partial charge < -0.3 is 5.73 Å². The standard InChI is InChI=1S/C13H22N2O4S2/c1-4-8-15(9-5-2)21(18,19)13-10-11(20(3,16)17)6-7-12(13)14/h6-7,10H,4-5,8-9,14H2,1-3H3. The molecule has 0 atom stereocenters. The lowest BCUT2D eigenvalue weighted by atomic mass is 10.3. The summed E-state index contributed by atoms with van der Waals surface area (Å²) in [5, 5.41) is 0. The molecule has 0 aromatic heterocycles. The van der Waals surface area contributed by atoms with E-state index >= 15 is 0 Å². The number of benzene rings is 1. The second-order valence-corrected chi connectivity index (χ2v) is 8.80. The molecular weight excluding hydrogens is 312 g/mol. The van der Waals surface area contributed by atoms with E-state index in [0.717, 1.165) is 12.3 Å². The van der Waals surface area contributed by atoms with Gasteiger partial charge in [0, 0.05) is 19.3 Å². The average molecular weight is 334 g/mol. The van der Waals surface area contributed by atoms with Crippen LogP contribution in [0.2, 0.25) is 0 Å². The minimum atomic E-state index is -3.79. The molecule has 120 valence electrons. The van der Waals surface area contributed by atoms with Crippen LogP contribution < -0.4 is 5.73 Å². The summed E-state index contributed by atoms with van der Waals surface area (Å²) in [5.41, 5.74) is 5.80. The number of sulfone groups is 1. The van der Waals surface area contributed by atoms with Gasteiger partial charge in [-0.3, -0.25) is 0 Å². The fourth-order valence-corrected chi connectivity index (χ4v) is 4.45. The highest BCUT2D eigenvalue weighted by molar-refractivity contribution is 7.91. The molecule has 1 rings (SSSR count). The molecule has 0 radical (unpaired) electrons. The van der Waals surface area contributed by atoms with E-state index in [1.165, 1.54) is 16.4 Å². The maximum absolute atomic E-state index is 12.7. The van der Waals surface area contributed by atoms with Crippen LogP contribution in [0.15, 0.2) is 28.0 Å². The van der Waals surface area contributed by atoms with Crippen molar-refractivity contribution in [1.29, 1.82) is 0 Å². The zero-order valence-electron chi connectivity index (χ0n) is 12.5. The molecule has 1 aromatic rings. The van der Waals surface area contributed by atoms with E-state index in [-0.39, 0.29) is 15.5 Å². The van der Waals surface area contributed by atoms with Crippen LogP contribution in [0.1, 0.15) is 26.7 Å². The molecule has 0 amide bonds. The Balaban J connectivity index is 3.42. The van der Waals surface area contributed by atoms with Gasteiger partial charge in [-0.1, -0.05) is 13.8 Å². The lowest BCUT2D eigenvalue weighted by Crippen LogP contribution is -2.33. The molecule has 1 aromatic carbocycles. The van der Waals surface area contributed by atoms with Crippen LogP contribution in [0.3, 0.4) is 0 Å². The zero-order valence-corrected chi connectivity index (χ0v) is 14.2. The van der Waals surface area contributed by atoms with Crippen molar-refractivity contribution in [2.75, 3.05) is 25.1 Å². The van der Waals surface area contributed by atoms with E-state index in [1.54, 1.807) is 0 Å². The third-order valence-electron chi connectivity index (χ3n) is 2.98. The van der Waals surface area contributed by atoms with Gasteiger partial charge in [0.15, 0.2) is 9.84 Å². The summed E-state index contributed by atoms with van der Waals surface area (Å²) in [7, 11) is -7.29. The first-order valence-electron chi connectivity index (χ1n) is 6.74. The molecule has 0 unspecified atom stereocenters. The second kappa shape index (κ2) is 6.76. The lowest BCUT2D eigenvalue weighted by Gasteiger charge is -2.22. The van der Waals surface area contributed by atoms with Gasteiger partial charge in [0.2, 0.25) is 10.0 Å². The monoisotopic (exact) mass is 334 g/mol. The smallest absolute Gasteiger partial charge is 0.245 e.